The third-order valence-corrected chi connectivity index (χ3v) is 4.80. The summed E-state index contributed by atoms with van der Waals surface area (Å²) in [6.45, 7) is 2.22. The SMILES string of the molecule is Cc1c2cc(F)c(F)cc2nn1Cc1ccc(C(=O)Nc2ccccc2N)cc1. The van der Waals surface area contributed by atoms with Crippen LogP contribution < -0.4 is 11.1 Å². The fraction of sp³-hybridized carbons (Fsp3) is 0.0909. The molecule has 3 N–H and O–H groups in total. The van der Waals surface area contributed by atoms with Crippen molar-refractivity contribution in [2.45, 2.75) is 13.5 Å². The first-order chi connectivity index (χ1) is 13.9. The number of carbonyl (C=O) groups excluding carboxylic acids is 1. The molecular formula is C22H18F2N4O. The maximum Gasteiger partial charge on any atom is 0.255 e. The van der Waals surface area contributed by atoms with Gasteiger partial charge in [-0.15, -0.1) is 0 Å². The molecule has 7 heteroatoms. The van der Waals surface area contributed by atoms with E-state index in [-0.39, 0.29) is 5.91 Å². The molecule has 0 saturated heterocycles. The van der Waals surface area contributed by atoms with Gasteiger partial charge in [0.05, 0.1) is 23.4 Å². The molecular weight excluding hydrogens is 374 g/mol. The lowest BCUT2D eigenvalue weighted by Crippen LogP contribution is -2.13. The van der Waals surface area contributed by atoms with Crippen LogP contribution in [0.1, 0.15) is 21.6 Å². The monoisotopic (exact) mass is 392 g/mol. The number of aromatic nitrogens is 2. The number of nitrogens with one attached hydrogen (secondary N) is 1. The van der Waals surface area contributed by atoms with E-state index in [4.69, 9.17) is 5.73 Å². The highest BCUT2D eigenvalue weighted by molar-refractivity contribution is 6.05. The number of amides is 1. The molecule has 146 valence electrons. The molecule has 0 aliphatic carbocycles. The molecule has 0 unspecified atom stereocenters. The van der Waals surface area contributed by atoms with Gasteiger partial charge in [0.25, 0.3) is 5.91 Å². The number of anilines is 2. The predicted molar refractivity (Wildman–Crippen MR) is 109 cm³/mol. The predicted octanol–water partition coefficient (Wildman–Crippen LogP) is 4.51. The number of fused-ring (bicyclic) bond motifs is 1. The zero-order valence-electron chi connectivity index (χ0n) is 15.6. The second-order valence-corrected chi connectivity index (χ2v) is 6.76. The lowest BCUT2D eigenvalue weighted by molar-refractivity contribution is 0.102. The summed E-state index contributed by atoms with van der Waals surface area (Å²) in [5.74, 6) is -2.08. The molecule has 0 aliphatic rings. The van der Waals surface area contributed by atoms with Crippen LogP contribution in [0.15, 0.2) is 60.7 Å². The summed E-state index contributed by atoms with van der Waals surface area (Å²) < 4.78 is 28.6. The van der Waals surface area contributed by atoms with Gasteiger partial charge < -0.3 is 11.1 Å². The lowest BCUT2D eigenvalue weighted by atomic mass is 10.1. The average Bonchev–Trinajstić information content (AvgIpc) is 2.99. The number of nitrogens with two attached hydrogens (primary N) is 1. The van der Waals surface area contributed by atoms with Gasteiger partial charge in [0.2, 0.25) is 0 Å². The third kappa shape index (κ3) is 3.67. The minimum atomic E-state index is -0.920. The fourth-order valence-electron chi connectivity index (χ4n) is 3.15. The molecule has 1 amide bonds. The van der Waals surface area contributed by atoms with Crippen molar-refractivity contribution in [2.75, 3.05) is 11.1 Å². The second kappa shape index (κ2) is 7.35. The molecule has 0 bridgehead atoms. The van der Waals surface area contributed by atoms with Crippen LogP contribution in [0.4, 0.5) is 20.2 Å². The number of hydrogen-bond acceptors (Lipinski definition) is 3. The van der Waals surface area contributed by atoms with Gasteiger partial charge in [0.1, 0.15) is 0 Å². The summed E-state index contributed by atoms with van der Waals surface area (Å²) in [6.07, 6.45) is 0. The Balaban J connectivity index is 1.53. The number of nitrogens with zero attached hydrogens (tertiary/aromatic N) is 2. The van der Waals surface area contributed by atoms with Gasteiger partial charge in [0.15, 0.2) is 11.6 Å². The maximum atomic E-state index is 13.5. The van der Waals surface area contributed by atoms with E-state index in [2.05, 4.69) is 10.4 Å². The Morgan fingerprint density at radius 1 is 1.07 bits per heavy atom. The first-order valence-electron chi connectivity index (χ1n) is 8.99. The van der Waals surface area contributed by atoms with Crippen LogP contribution >= 0.6 is 0 Å². The van der Waals surface area contributed by atoms with Crippen LogP contribution in [0.5, 0.6) is 0 Å². The zero-order valence-corrected chi connectivity index (χ0v) is 15.6. The van der Waals surface area contributed by atoms with Gasteiger partial charge in [-0.05, 0) is 42.8 Å². The topological polar surface area (TPSA) is 72.9 Å². The highest BCUT2D eigenvalue weighted by atomic mass is 19.2. The molecule has 0 fully saturated rings. The summed E-state index contributed by atoms with van der Waals surface area (Å²) >= 11 is 0. The highest BCUT2D eigenvalue weighted by Crippen LogP contribution is 2.22. The summed E-state index contributed by atoms with van der Waals surface area (Å²) in [4.78, 5) is 12.4. The van der Waals surface area contributed by atoms with E-state index in [1.54, 1.807) is 48.0 Å². The number of para-hydroxylation sites is 2. The number of aryl methyl sites for hydroxylation is 1. The maximum absolute atomic E-state index is 13.5. The van der Waals surface area contributed by atoms with E-state index in [0.29, 0.717) is 34.4 Å². The zero-order chi connectivity index (χ0) is 20.5. The summed E-state index contributed by atoms with van der Waals surface area (Å²) in [6, 6.07) is 16.3. The molecule has 5 nitrogen and oxygen atoms in total. The van der Waals surface area contributed by atoms with Gasteiger partial charge in [-0.1, -0.05) is 24.3 Å². The Hall–Kier alpha value is -3.74. The smallest absolute Gasteiger partial charge is 0.255 e. The molecule has 4 aromatic rings. The van der Waals surface area contributed by atoms with Crippen molar-refractivity contribution in [3.63, 3.8) is 0 Å². The quantitative estimate of drug-likeness (QED) is 0.502. The Labute approximate surface area is 165 Å². The van der Waals surface area contributed by atoms with Gasteiger partial charge in [-0.2, -0.15) is 5.10 Å². The number of rotatable bonds is 4. The minimum Gasteiger partial charge on any atom is -0.397 e. The van der Waals surface area contributed by atoms with Crippen molar-refractivity contribution >= 4 is 28.2 Å². The molecule has 4 rings (SSSR count). The number of nitrogen functional groups attached to an aromatic ring is 1. The normalized spacial score (nSPS) is 11.0. The molecule has 29 heavy (non-hydrogen) atoms. The molecule has 0 spiro atoms. The number of hydrogen-bond donors (Lipinski definition) is 2. The molecule has 0 atom stereocenters. The third-order valence-electron chi connectivity index (χ3n) is 4.80. The molecule has 1 heterocycles. The summed E-state index contributed by atoms with van der Waals surface area (Å²) in [7, 11) is 0. The highest BCUT2D eigenvalue weighted by Gasteiger charge is 2.13. The number of carbonyl (C=O) groups is 1. The van der Waals surface area contributed by atoms with Crippen LogP contribution in [-0.2, 0) is 6.54 Å². The van der Waals surface area contributed by atoms with Gasteiger partial charge in [-0.3, -0.25) is 9.48 Å². The van der Waals surface area contributed by atoms with Crippen LogP contribution in [0.25, 0.3) is 10.9 Å². The van der Waals surface area contributed by atoms with Gasteiger partial charge in [-0.25, -0.2) is 8.78 Å². The van der Waals surface area contributed by atoms with Crippen molar-refractivity contribution in [3.05, 3.63) is 89.1 Å². The minimum absolute atomic E-state index is 0.263. The van der Waals surface area contributed by atoms with Crippen molar-refractivity contribution in [1.29, 1.82) is 0 Å². The van der Waals surface area contributed by atoms with E-state index in [1.165, 1.54) is 0 Å². The first-order valence-corrected chi connectivity index (χ1v) is 8.99. The van der Waals surface area contributed by atoms with Crippen molar-refractivity contribution in [3.8, 4) is 0 Å². The van der Waals surface area contributed by atoms with Crippen LogP contribution in [0, 0.1) is 18.6 Å². The van der Waals surface area contributed by atoms with E-state index in [1.807, 2.05) is 12.1 Å². The van der Waals surface area contributed by atoms with E-state index < -0.39 is 11.6 Å². The Kier molecular flexibility index (Phi) is 4.72. The van der Waals surface area contributed by atoms with Crippen LogP contribution in [0.3, 0.4) is 0 Å². The van der Waals surface area contributed by atoms with E-state index >= 15 is 0 Å². The Bertz CT molecular complexity index is 1220. The Morgan fingerprint density at radius 2 is 1.76 bits per heavy atom. The van der Waals surface area contributed by atoms with Gasteiger partial charge >= 0.3 is 0 Å². The molecule has 3 aromatic carbocycles. The molecule has 1 aromatic heterocycles. The second-order valence-electron chi connectivity index (χ2n) is 6.76. The van der Waals surface area contributed by atoms with Gasteiger partial charge in [0, 0.05) is 22.7 Å². The molecule has 0 radical (unpaired) electrons. The molecule has 0 aliphatic heterocycles. The first kappa shape index (κ1) is 18.6. The van der Waals surface area contributed by atoms with Crippen LogP contribution in [-0.4, -0.2) is 15.7 Å². The number of halogens is 2. The fourth-order valence-corrected chi connectivity index (χ4v) is 3.15. The van der Waals surface area contributed by atoms with Crippen molar-refractivity contribution < 1.29 is 13.6 Å². The standard InChI is InChI=1S/C22H18F2N4O/c1-13-16-10-17(23)18(24)11-21(16)27-28(13)12-14-6-8-15(9-7-14)22(29)26-20-5-3-2-4-19(20)25/h2-11H,12,25H2,1H3,(H,26,29). The Morgan fingerprint density at radius 3 is 2.48 bits per heavy atom. The van der Waals surface area contributed by atoms with Crippen molar-refractivity contribution in [2.24, 2.45) is 0 Å². The summed E-state index contributed by atoms with van der Waals surface area (Å²) in [5.41, 5.74) is 9.43. The van der Waals surface area contributed by atoms with E-state index in [9.17, 15) is 13.6 Å². The van der Waals surface area contributed by atoms with Crippen LogP contribution in [0.2, 0.25) is 0 Å². The average molecular weight is 392 g/mol. The molecule has 0 saturated carbocycles. The largest absolute Gasteiger partial charge is 0.397 e. The summed E-state index contributed by atoms with van der Waals surface area (Å²) in [5, 5.41) is 7.70. The van der Waals surface area contributed by atoms with E-state index in [0.717, 1.165) is 23.4 Å². The lowest BCUT2D eigenvalue weighted by Gasteiger charge is -2.09. The number of benzene rings is 3. The van der Waals surface area contributed by atoms with Crippen molar-refractivity contribution in [1.82, 2.24) is 9.78 Å².